The molecule has 14 rings (SSSR count). The van der Waals surface area contributed by atoms with Gasteiger partial charge >= 0.3 is 0 Å². The number of piperidine rings is 1. The number of pyridine rings is 2. The number of halogens is 4. The minimum absolute atomic E-state index is 0.369. The molecule has 74 heavy (non-hydrogen) atoms. The van der Waals surface area contributed by atoms with Gasteiger partial charge in [0.1, 0.15) is 17.5 Å². The van der Waals surface area contributed by atoms with Crippen LogP contribution >= 0.6 is 46.4 Å². The minimum atomic E-state index is 0.369. The van der Waals surface area contributed by atoms with Gasteiger partial charge in [0.05, 0.1) is 71.4 Å². The van der Waals surface area contributed by atoms with Gasteiger partial charge in [0.25, 0.3) is 0 Å². The number of rotatable bonds is 8. The number of aromatic nitrogens is 10. The Morgan fingerprint density at radius 3 is 1.55 bits per heavy atom. The maximum absolute atomic E-state index is 6.53. The molecule has 3 aliphatic heterocycles. The summed E-state index contributed by atoms with van der Waals surface area (Å²) < 4.78 is 0. The van der Waals surface area contributed by atoms with Crippen molar-refractivity contribution in [2.45, 2.75) is 63.2 Å². The van der Waals surface area contributed by atoms with Gasteiger partial charge < -0.3 is 29.7 Å². The number of anilines is 3. The number of hydrogen-bond donors (Lipinski definition) is 3. The van der Waals surface area contributed by atoms with Crippen molar-refractivity contribution in [2.24, 2.45) is 0 Å². The van der Waals surface area contributed by atoms with Crippen molar-refractivity contribution in [1.82, 2.24) is 49.8 Å². The van der Waals surface area contributed by atoms with Gasteiger partial charge in [0.15, 0.2) is 11.0 Å². The first-order valence-corrected chi connectivity index (χ1v) is 26.7. The molecule has 4 aromatic carbocycles. The van der Waals surface area contributed by atoms with Crippen LogP contribution in [0, 0.1) is 13.8 Å². The quantitative estimate of drug-likeness (QED) is 0.134. The lowest BCUT2D eigenvalue weighted by atomic mass is 9.96. The molecular formula is C57H53Cl4N13. The lowest BCUT2D eigenvalue weighted by molar-refractivity contribution is 0.487. The highest BCUT2D eigenvalue weighted by molar-refractivity contribution is 6.39. The summed E-state index contributed by atoms with van der Waals surface area (Å²) in [5, 5.41) is 2.35. The third-order valence-corrected chi connectivity index (χ3v) is 15.8. The number of H-pyrrole nitrogens is 3. The van der Waals surface area contributed by atoms with E-state index >= 15 is 0 Å². The lowest BCUT2D eigenvalue weighted by Crippen LogP contribution is -2.46. The van der Waals surface area contributed by atoms with Crippen molar-refractivity contribution in [3.8, 4) is 11.1 Å². The van der Waals surface area contributed by atoms with Crippen LogP contribution < -0.4 is 14.7 Å². The van der Waals surface area contributed by atoms with Crippen LogP contribution in [0.3, 0.4) is 0 Å². The van der Waals surface area contributed by atoms with Crippen molar-refractivity contribution in [1.29, 1.82) is 0 Å². The van der Waals surface area contributed by atoms with Crippen LogP contribution in [-0.2, 0) is 0 Å². The van der Waals surface area contributed by atoms with Crippen LogP contribution in [0.5, 0.6) is 0 Å². The zero-order chi connectivity index (χ0) is 50.5. The number of benzene rings is 4. The highest BCUT2D eigenvalue weighted by atomic mass is 35.5. The van der Waals surface area contributed by atoms with Crippen molar-refractivity contribution >= 4 is 96.7 Å². The average Bonchev–Trinajstić information content (AvgIpc) is 3.81. The molecule has 3 saturated heterocycles. The Morgan fingerprint density at radius 1 is 0.486 bits per heavy atom. The van der Waals surface area contributed by atoms with E-state index in [2.05, 4.69) is 135 Å². The van der Waals surface area contributed by atoms with Gasteiger partial charge in [-0.2, -0.15) is 0 Å². The van der Waals surface area contributed by atoms with Crippen molar-refractivity contribution < 1.29 is 0 Å². The zero-order valence-corrected chi connectivity index (χ0v) is 43.9. The molecule has 1 saturated carbocycles. The zero-order valence-electron chi connectivity index (χ0n) is 40.9. The molecule has 0 unspecified atom stereocenters. The third-order valence-electron chi connectivity index (χ3n) is 14.7. The summed E-state index contributed by atoms with van der Waals surface area (Å²) in [5.41, 5.74) is 14.5. The van der Waals surface area contributed by atoms with E-state index in [0.29, 0.717) is 38.0 Å². The summed E-state index contributed by atoms with van der Waals surface area (Å²) in [6, 6.07) is 29.6. The molecule has 6 aromatic heterocycles. The van der Waals surface area contributed by atoms with Crippen molar-refractivity contribution in [3.05, 3.63) is 176 Å². The minimum Gasteiger partial charge on any atom is -0.368 e. The molecule has 1 aliphatic carbocycles. The maximum atomic E-state index is 6.53. The standard InChI is InChI=1S/C22H19ClN4.C19H20ClN5.C16H14Cl2N4/c1-14-7-8-19-20(9-14)26-22(25-19)16-12-27(13-16)21-17(10-24-11-18(21)23)15-5-3-2-4-6-15;20-17-19(22-8-7-21-17)25-9-5-13(6-10-25)18-23-15-4-3-14(12-1-2-12)11-16(15)24-18;1-9-2-3-13-14(4-9)21-16(20-13)10-7-22(8-10)15-11(17)5-19-6-12(15)18/h2-11,16H,12-13H2,1H3,(H,25,26);3-4,7-8,11-13H,1-2,5-6,9-10H2,(H,23,24);2-6,10H,7-8H2,1H3,(H,20,21). The molecule has 0 bridgehead atoms. The molecule has 4 aliphatic rings. The molecule has 13 nitrogen and oxygen atoms in total. The predicted octanol–water partition coefficient (Wildman–Crippen LogP) is 13.6. The third kappa shape index (κ3) is 9.98. The van der Waals surface area contributed by atoms with Gasteiger partial charge in [0.2, 0.25) is 0 Å². The Hall–Kier alpha value is -6.77. The van der Waals surface area contributed by atoms with E-state index in [1.807, 2.05) is 24.4 Å². The van der Waals surface area contributed by atoms with Crippen molar-refractivity contribution in [3.63, 3.8) is 0 Å². The van der Waals surface area contributed by atoms with Crippen LogP contribution in [0.4, 0.5) is 17.2 Å². The summed E-state index contributed by atoms with van der Waals surface area (Å²) in [4.78, 5) is 48.3. The summed E-state index contributed by atoms with van der Waals surface area (Å²) in [7, 11) is 0. The van der Waals surface area contributed by atoms with E-state index in [1.165, 1.54) is 35.0 Å². The Bertz CT molecular complexity index is 3610. The second-order valence-corrected chi connectivity index (χ2v) is 21.5. The van der Waals surface area contributed by atoms with E-state index in [-0.39, 0.29) is 0 Å². The molecule has 374 valence electrons. The van der Waals surface area contributed by atoms with E-state index in [4.69, 9.17) is 56.4 Å². The monoisotopic (exact) mass is 1060 g/mol. The van der Waals surface area contributed by atoms with E-state index in [9.17, 15) is 0 Å². The Balaban J connectivity index is 0.000000113. The topological polar surface area (TPSA) is 147 Å². The van der Waals surface area contributed by atoms with Gasteiger partial charge in [-0.1, -0.05) is 94.9 Å². The fourth-order valence-electron chi connectivity index (χ4n) is 10.4. The first-order valence-electron chi connectivity index (χ1n) is 25.2. The number of aromatic amines is 3. The van der Waals surface area contributed by atoms with Gasteiger partial charge in [-0.15, -0.1) is 0 Å². The second kappa shape index (κ2) is 20.5. The van der Waals surface area contributed by atoms with Gasteiger partial charge in [-0.05, 0) is 104 Å². The highest BCUT2D eigenvalue weighted by Gasteiger charge is 2.35. The van der Waals surface area contributed by atoms with Crippen LogP contribution in [0.15, 0.2) is 122 Å². The van der Waals surface area contributed by atoms with E-state index < -0.39 is 0 Å². The van der Waals surface area contributed by atoms with Crippen LogP contribution in [0.25, 0.3) is 44.2 Å². The Labute approximate surface area is 448 Å². The summed E-state index contributed by atoms with van der Waals surface area (Å²) in [5.74, 6) is 5.98. The molecule has 4 fully saturated rings. The number of fused-ring (bicyclic) bond motifs is 3. The highest BCUT2D eigenvalue weighted by Crippen LogP contribution is 2.43. The number of nitrogens with one attached hydrogen (secondary N) is 3. The fraction of sp³-hybridized carbons (Fsp3) is 0.281. The summed E-state index contributed by atoms with van der Waals surface area (Å²) in [6.45, 7) is 9.51. The molecule has 0 atom stereocenters. The smallest absolute Gasteiger partial charge is 0.171 e. The predicted molar refractivity (Wildman–Crippen MR) is 300 cm³/mol. The van der Waals surface area contributed by atoms with E-state index in [0.717, 1.165) is 131 Å². The normalized spacial score (nSPS) is 16.2. The molecule has 0 amide bonds. The number of nitrogens with zero attached hydrogens (tertiary/aromatic N) is 10. The lowest BCUT2D eigenvalue weighted by Gasteiger charge is -2.41. The largest absolute Gasteiger partial charge is 0.368 e. The molecule has 10 aromatic rings. The van der Waals surface area contributed by atoms with Gasteiger partial charge in [-0.3, -0.25) is 9.97 Å². The SMILES string of the molecule is Cc1ccc2nc(C3CN(c4c(Cl)cncc4-c4ccccc4)C3)[nH]c2c1.Cc1ccc2nc(C3CN(c4c(Cl)cncc4Cl)C3)[nH]c2c1.Clc1nccnc1N1CCC(c2nc3ccc(C4CC4)cc3[nH]2)CC1. The van der Waals surface area contributed by atoms with E-state index in [1.54, 1.807) is 31.0 Å². The Kier molecular flexibility index (Phi) is 13.4. The van der Waals surface area contributed by atoms with Crippen LogP contribution in [-0.4, -0.2) is 89.1 Å². The molecule has 0 radical (unpaired) electrons. The van der Waals surface area contributed by atoms with Crippen LogP contribution in [0.1, 0.15) is 83.5 Å². The van der Waals surface area contributed by atoms with Crippen molar-refractivity contribution in [2.75, 3.05) is 54.0 Å². The number of imidazole rings is 3. The summed E-state index contributed by atoms with van der Waals surface area (Å²) in [6.07, 6.45) is 14.9. The summed E-state index contributed by atoms with van der Waals surface area (Å²) >= 11 is 25.1. The molecule has 0 spiro atoms. The van der Waals surface area contributed by atoms with Gasteiger partial charge in [-0.25, -0.2) is 24.9 Å². The van der Waals surface area contributed by atoms with Crippen LogP contribution in [0.2, 0.25) is 20.2 Å². The molecular weight excluding hydrogens is 1010 g/mol. The first kappa shape index (κ1) is 48.2. The van der Waals surface area contributed by atoms with Gasteiger partial charge in [0, 0.05) is 87.9 Å². The average molecular weight is 1060 g/mol. The molecule has 9 heterocycles. The fourth-order valence-corrected chi connectivity index (χ4v) is 11.5. The Morgan fingerprint density at radius 2 is 0.986 bits per heavy atom. The number of aryl methyl sites for hydroxylation is 2. The molecule has 17 heteroatoms. The second-order valence-electron chi connectivity index (χ2n) is 19.9. The first-order chi connectivity index (χ1) is 36.1. The molecule has 3 N–H and O–H groups in total. The maximum Gasteiger partial charge on any atom is 0.171 e. The number of hydrogen-bond acceptors (Lipinski definition) is 10.